The van der Waals surface area contributed by atoms with Crippen LogP contribution in [0.3, 0.4) is 0 Å². The van der Waals surface area contributed by atoms with Gasteiger partial charge in [0.25, 0.3) is 0 Å². The molecule has 1 N–H and O–H groups in total. The van der Waals surface area contributed by atoms with Crippen molar-refractivity contribution in [3.05, 3.63) is 40.6 Å². The zero-order chi connectivity index (χ0) is 15.7. The number of pyridine rings is 2. The van der Waals surface area contributed by atoms with E-state index in [4.69, 9.17) is 9.89 Å². The van der Waals surface area contributed by atoms with Crippen LogP contribution in [-0.2, 0) is 6.42 Å². The van der Waals surface area contributed by atoms with E-state index in [1.165, 1.54) is 6.07 Å². The fraction of sp³-hybridized carbons (Fsp3) is 0.214. The molecule has 0 saturated heterocycles. The molecule has 0 aliphatic heterocycles. The minimum absolute atomic E-state index is 0.224. The summed E-state index contributed by atoms with van der Waals surface area (Å²) in [6.45, 7) is 1.83. The molecule has 0 aliphatic carbocycles. The molecular weight excluding hydrogens is 287 g/mol. The summed E-state index contributed by atoms with van der Waals surface area (Å²) in [6.07, 6.45) is 0.382. The molecule has 0 unspecified atom stereocenters. The highest BCUT2D eigenvalue weighted by Crippen LogP contribution is 2.27. The summed E-state index contributed by atoms with van der Waals surface area (Å²) in [5.74, 6) is -0.633. The van der Waals surface area contributed by atoms with Crippen molar-refractivity contribution >= 4 is 16.9 Å². The lowest BCUT2D eigenvalue weighted by atomic mass is 10.0. The largest absolute Gasteiger partial charge is 0.386 e. The molecule has 0 bridgehead atoms. The number of anilines is 1. The first-order valence-corrected chi connectivity index (χ1v) is 6.49. The number of nitrogens with one attached hydrogen (secondary N) is 1. The highest BCUT2D eigenvalue weighted by Gasteiger charge is 2.17. The molecular formula is C14H11FN6O. The molecule has 3 rings (SSSR count). The highest BCUT2D eigenvalue weighted by atomic mass is 19.1. The van der Waals surface area contributed by atoms with E-state index in [-0.39, 0.29) is 5.69 Å². The standard InChI is InChI=1S/C14H11FN6O/c1-7-9(5-8-3-4-10(15)11(6-16)19-8)12(17-2)13-14(18-7)21-22-20-13/h3-4,17H,5H2,1-2H3. The molecule has 0 saturated carbocycles. The molecule has 3 aromatic heterocycles. The van der Waals surface area contributed by atoms with E-state index >= 15 is 0 Å². The van der Waals surface area contributed by atoms with E-state index in [2.05, 4.69) is 25.6 Å². The van der Waals surface area contributed by atoms with E-state index in [1.54, 1.807) is 19.2 Å². The van der Waals surface area contributed by atoms with Gasteiger partial charge in [-0.3, -0.25) is 0 Å². The number of halogens is 1. The van der Waals surface area contributed by atoms with Gasteiger partial charge in [0.1, 0.15) is 6.07 Å². The second kappa shape index (κ2) is 5.37. The van der Waals surface area contributed by atoms with Crippen LogP contribution in [-0.4, -0.2) is 27.3 Å². The fourth-order valence-electron chi connectivity index (χ4n) is 2.29. The third-order valence-corrected chi connectivity index (χ3v) is 3.34. The topological polar surface area (TPSA) is 101 Å². The van der Waals surface area contributed by atoms with Crippen molar-refractivity contribution in [1.82, 2.24) is 20.3 Å². The fourth-order valence-corrected chi connectivity index (χ4v) is 2.29. The Labute approximate surface area is 124 Å². The number of fused-ring (bicyclic) bond motifs is 1. The monoisotopic (exact) mass is 298 g/mol. The van der Waals surface area contributed by atoms with Gasteiger partial charge in [0.05, 0.1) is 5.69 Å². The summed E-state index contributed by atoms with van der Waals surface area (Å²) in [7, 11) is 1.76. The Morgan fingerprint density at radius 1 is 1.32 bits per heavy atom. The van der Waals surface area contributed by atoms with Gasteiger partial charge in [0.2, 0.25) is 5.65 Å². The third-order valence-electron chi connectivity index (χ3n) is 3.34. The average molecular weight is 298 g/mol. The smallest absolute Gasteiger partial charge is 0.226 e. The van der Waals surface area contributed by atoms with Crippen LogP contribution in [0.25, 0.3) is 11.2 Å². The molecule has 3 heterocycles. The van der Waals surface area contributed by atoms with Crippen molar-refractivity contribution < 1.29 is 9.02 Å². The number of rotatable bonds is 3. The minimum Gasteiger partial charge on any atom is -0.386 e. The lowest BCUT2D eigenvalue weighted by Gasteiger charge is -2.11. The van der Waals surface area contributed by atoms with Crippen LogP contribution in [0.2, 0.25) is 0 Å². The summed E-state index contributed by atoms with van der Waals surface area (Å²) in [5, 5.41) is 19.5. The normalized spacial score (nSPS) is 10.6. The summed E-state index contributed by atoms with van der Waals surface area (Å²) < 4.78 is 18.1. The van der Waals surface area contributed by atoms with Crippen LogP contribution in [0.5, 0.6) is 0 Å². The summed E-state index contributed by atoms with van der Waals surface area (Å²) in [6, 6.07) is 4.51. The molecule has 3 aromatic rings. The first-order valence-electron chi connectivity index (χ1n) is 6.49. The lowest BCUT2D eigenvalue weighted by Crippen LogP contribution is -2.05. The number of nitrogens with zero attached hydrogens (tertiary/aromatic N) is 5. The molecule has 7 nitrogen and oxygen atoms in total. The van der Waals surface area contributed by atoms with Crippen LogP contribution < -0.4 is 5.32 Å². The van der Waals surface area contributed by atoms with Gasteiger partial charge in [-0.1, -0.05) is 0 Å². The molecule has 22 heavy (non-hydrogen) atoms. The van der Waals surface area contributed by atoms with E-state index in [1.807, 2.05) is 6.92 Å². The number of aromatic nitrogens is 4. The van der Waals surface area contributed by atoms with Crippen molar-refractivity contribution in [2.75, 3.05) is 12.4 Å². The molecule has 0 radical (unpaired) electrons. The van der Waals surface area contributed by atoms with Crippen LogP contribution in [0.15, 0.2) is 16.8 Å². The predicted molar refractivity (Wildman–Crippen MR) is 75.6 cm³/mol. The zero-order valence-electron chi connectivity index (χ0n) is 11.9. The maximum absolute atomic E-state index is 13.4. The number of nitriles is 1. The molecule has 0 fully saturated rings. The van der Waals surface area contributed by atoms with Gasteiger partial charge in [-0.15, -0.1) is 0 Å². The summed E-state index contributed by atoms with van der Waals surface area (Å²) in [5.41, 5.74) is 3.58. The van der Waals surface area contributed by atoms with Gasteiger partial charge in [0, 0.05) is 30.4 Å². The van der Waals surface area contributed by atoms with E-state index < -0.39 is 5.82 Å². The number of hydrogen-bond donors (Lipinski definition) is 1. The van der Waals surface area contributed by atoms with Gasteiger partial charge < -0.3 is 5.32 Å². The highest BCUT2D eigenvalue weighted by molar-refractivity contribution is 5.87. The first kappa shape index (κ1) is 13.9. The summed E-state index contributed by atoms with van der Waals surface area (Å²) in [4.78, 5) is 8.35. The molecule has 8 heteroatoms. The van der Waals surface area contributed by atoms with E-state index in [0.717, 1.165) is 16.9 Å². The average Bonchev–Trinajstić information content (AvgIpc) is 2.97. The Bertz CT molecular complexity index is 898. The maximum atomic E-state index is 13.4. The van der Waals surface area contributed by atoms with Crippen LogP contribution in [0.4, 0.5) is 10.1 Å². The van der Waals surface area contributed by atoms with Crippen LogP contribution in [0.1, 0.15) is 22.6 Å². The quantitative estimate of drug-likeness (QED) is 0.788. The van der Waals surface area contributed by atoms with Crippen molar-refractivity contribution in [2.24, 2.45) is 0 Å². The first-order chi connectivity index (χ1) is 10.6. The Morgan fingerprint density at radius 2 is 2.14 bits per heavy atom. The summed E-state index contributed by atoms with van der Waals surface area (Å²) >= 11 is 0. The van der Waals surface area contributed by atoms with Gasteiger partial charge in [-0.25, -0.2) is 19.0 Å². The number of hydrogen-bond acceptors (Lipinski definition) is 7. The van der Waals surface area contributed by atoms with Gasteiger partial charge in [-0.2, -0.15) is 5.26 Å². The van der Waals surface area contributed by atoms with Gasteiger partial charge in [-0.05, 0) is 29.4 Å². The van der Waals surface area contributed by atoms with Crippen LogP contribution in [0, 0.1) is 24.1 Å². The third kappa shape index (κ3) is 2.22. The Hall–Kier alpha value is -3.08. The predicted octanol–water partition coefficient (Wildman–Crippen LogP) is 1.96. The SMILES string of the molecule is CNc1c(Cc2ccc(F)c(C#N)n2)c(C)nc2nonc12. The Kier molecular flexibility index (Phi) is 3.39. The molecule has 0 aliphatic rings. The minimum atomic E-state index is -0.633. The van der Waals surface area contributed by atoms with Crippen molar-refractivity contribution in [3.8, 4) is 6.07 Å². The van der Waals surface area contributed by atoms with E-state index in [9.17, 15) is 4.39 Å². The molecule has 0 spiro atoms. The Balaban J connectivity index is 2.11. The Morgan fingerprint density at radius 3 is 2.86 bits per heavy atom. The zero-order valence-corrected chi connectivity index (χ0v) is 11.9. The van der Waals surface area contributed by atoms with Crippen molar-refractivity contribution in [2.45, 2.75) is 13.3 Å². The molecule has 0 amide bonds. The van der Waals surface area contributed by atoms with Gasteiger partial charge >= 0.3 is 0 Å². The van der Waals surface area contributed by atoms with Crippen LogP contribution >= 0.6 is 0 Å². The van der Waals surface area contributed by atoms with Crippen molar-refractivity contribution in [3.63, 3.8) is 0 Å². The molecule has 0 aromatic carbocycles. The second-order valence-corrected chi connectivity index (χ2v) is 4.66. The van der Waals surface area contributed by atoms with Crippen molar-refractivity contribution in [1.29, 1.82) is 5.26 Å². The van der Waals surface area contributed by atoms with E-state index in [0.29, 0.717) is 23.3 Å². The lowest BCUT2D eigenvalue weighted by molar-refractivity contribution is 0.315. The maximum Gasteiger partial charge on any atom is 0.226 e. The molecule has 0 atom stereocenters. The van der Waals surface area contributed by atoms with Gasteiger partial charge in [0.15, 0.2) is 17.0 Å². The molecule has 110 valence electrons. The number of aryl methyl sites for hydroxylation is 1. The second-order valence-electron chi connectivity index (χ2n) is 4.66.